The molecule has 1 aromatic rings. The lowest BCUT2D eigenvalue weighted by atomic mass is 10.2. The maximum Gasteiger partial charge on any atom is 0.107 e. The van der Waals surface area contributed by atoms with Gasteiger partial charge in [-0.15, -0.1) is 0 Å². The maximum atomic E-state index is 6.00. The first-order chi connectivity index (χ1) is 5.29. The van der Waals surface area contributed by atoms with Crippen LogP contribution in [0.2, 0.25) is 5.02 Å². The summed E-state index contributed by atoms with van der Waals surface area (Å²) in [6.45, 7) is 0.802. The highest BCUT2D eigenvalue weighted by atomic mass is 79.9. The van der Waals surface area contributed by atoms with Gasteiger partial charge in [0, 0.05) is 10.0 Å². The topological polar surface area (TPSA) is 12.5 Å². The largest absolute Gasteiger partial charge is 0.368 e. The lowest BCUT2D eigenvalue weighted by Crippen LogP contribution is -1.82. The van der Waals surface area contributed by atoms with Gasteiger partial charge < -0.3 is 4.74 Å². The van der Waals surface area contributed by atoms with Crippen LogP contribution in [0, 0.1) is 0 Å². The van der Waals surface area contributed by atoms with Gasteiger partial charge in [-0.25, -0.2) is 0 Å². The van der Waals surface area contributed by atoms with Crippen molar-refractivity contribution in [2.45, 2.75) is 6.10 Å². The zero-order chi connectivity index (χ0) is 7.84. The molecule has 1 aliphatic heterocycles. The summed E-state index contributed by atoms with van der Waals surface area (Å²) < 4.78 is 6.06. The Balaban J connectivity index is 2.45. The molecule has 11 heavy (non-hydrogen) atoms. The van der Waals surface area contributed by atoms with Crippen molar-refractivity contribution in [3.8, 4) is 0 Å². The van der Waals surface area contributed by atoms with E-state index < -0.39 is 0 Å². The van der Waals surface area contributed by atoms with Crippen molar-refractivity contribution < 1.29 is 4.74 Å². The fourth-order valence-electron chi connectivity index (χ4n) is 0.997. The molecule has 0 bridgehead atoms. The van der Waals surface area contributed by atoms with E-state index in [4.69, 9.17) is 16.3 Å². The summed E-state index contributed by atoms with van der Waals surface area (Å²) in [7, 11) is 0. The number of ether oxygens (including phenoxy) is 1. The van der Waals surface area contributed by atoms with Crippen LogP contribution in [0.25, 0.3) is 0 Å². The number of epoxide rings is 1. The molecule has 1 nitrogen and oxygen atoms in total. The van der Waals surface area contributed by atoms with Gasteiger partial charge in [0.25, 0.3) is 0 Å². The Hall–Kier alpha value is -0.0500. The van der Waals surface area contributed by atoms with Crippen LogP contribution in [0.5, 0.6) is 0 Å². The van der Waals surface area contributed by atoms with Crippen LogP contribution in [0.1, 0.15) is 11.7 Å². The van der Waals surface area contributed by atoms with Gasteiger partial charge in [-0.05, 0) is 22.0 Å². The van der Waals surface area contributed by atoms with E-state index in [9.17, 15) is 0 Å². The molecule has 1 unspecified atom stereocenters. The Morgan fingerprint density at radius 3 is 2.91 bits per heavy atom. The predicted molar refractivity (Wildman–Crippen MR) is 47.8 cm³/mol. The zero-order valence-electron chi connectivity index (χ0n) is 5.68. The van der Waals surface area contributed by atoms with Crippen LogP contribution in [-0.2, 0) is 4.74 Å². The van der Waals surface area contributed by atoms with Crippen LogP contribution in [0.3, 0.4) is 0 Å². The number of benzene rings is 1. The lowest BCUT2D eigenvalue weighted by molar-refractivity contribution is 0.415. The summed E-state index contributed by atoms with van der Waals surface area (Å²) in [5.41, 5.74) is 1.08. The van der Waals surface area contributed by atoms with E-state index in [1.165, 1.54) is 0 Å². The fraction of sp³-hybridized carbons (Fsp3) is 0.250. The minimum absolute atomic E-state index is 0.236. The summed E-state index contributed by atoms with van der Waals surface area (Å²) in [5.74, 6) is 0. The third-order valence-electron chi connectivity index (χ3n) is 1.66. The molecule has 0 spiro atoms. The van der Waals surface area contributed by atoms with Gasteiger partial charge in [0.15, 0.2) is 0 Å². The molecule has 1 atom stereocenters. The van der Waals surface area contributed by atoms with Gasteiger partial charge in [-0.3, -0.25) is 0 Å². The summed E-state index contributed by atoms with van der Waals surface area (Å²) in [5, 5.41) is 0.773. The van der Waals surface area contributed by atoms with E-state index >= 15 is 0 Å². The van der Waals surface area contributed by atoms with Crippen molar-refractivity contribution in [3.63, 3.8) is 0 Å². The highest BCUT2D eigenvalue weighted by molar-refractivity contribution is 9.10. The molecule has 1 heterocycles. The van der Waals surface area contributed by atoms with Gasteiger partial charge in [0.2, 0.25) is 0 Å². The number of rotatable bonds is 1. The molecule has 0 amide bonds. The van der Waals surface area contributed by atoms with Crippen molar-refractivity contribution in [3.05, 3.63) is 33.3 Å². The van der Waals surface area contributed by atoms with Crippen LogP contribution in [0.15, 0.2) is 22.7 Å². The SMILES string of the molecule is Clc1c(Br)cccc1C1CO1. The van der Waals surface area contributed by atoms with Crippen LogP contribution >= 0.6 is 27.5 Å². The minimum Gasteiger partial charge on any atom is -0.368 e. The minimum atomic E-state index is 0.236. The molecule has 1 fully saturated rings. The Bertz CT molecular complexity index is 283. The predicted octanol–water partition coefficient (Wildman–Crippen LogP) is 3.17. The normalized spacial score (nSPS) is 21.8. The summed E-state index contributed by atoms with van der Waals surface area (Å²) in [4.78, 5) is 0. The molecule has 1 aliphatic rings. The molecule has 2 rings (SSSR count). The number of hydrogen-bond acceptors (Lipinski definition) is 1. The van der Waals surface area contributed by atoms with E-state index in [2.05, 4.69) is 15.9 Å². The Kier molecular flexibility index (Phi) is 1.91. The zero-order valence-corrected chi connectivity index (χ0v) is 8.02. The third-order valence-corrected chi connectivity index (χ3v) is 2.97. The third kappa shape index (κ3) is 1.43. The number of halogens is 2. The average molecular weight is 233 g/mol. The molecule has 58 valence electrons. The van der Waals surface area contributed by atoms with E-state index in [1.54, 1.807) is 0 Å². The molecule has 3 heteroatoms. The van der Waals surface area contributed by atoms with Gasteiger partial charge in [-0.2, -0.15) is 0 Å². The summed E-state index contributed by atoms with van der Waals surface area (Å²) in [6, 6.07) is 5.88. The van der Waals surface area contributed by atoms with Crippen molar-refractivity contribution in [1.29, 1.82) is 0 Å². The Labute approximate surface area is 78.4 Å². The summed E-state index contributed by atoms with van der Waals surface area (Å²) in [6.07, 6.45) is 0.236. The molecule has 0 radical (unpaired) electrons. The van der Waals surface area contributed by atoms with E-state index in [1.807, 2.05) is 18.2 Å². The van der Waals surface area contributed by atoms with E-state index in [0.717, 1.165) is 21.7 Å². The molecular weight excluding hydrogens is 227 g/mol. The fourth-order valence-corrected chi connectivity index (χ4v) is 1.63. The molecule has 0 saturated carbocycles. The standard InChI is InChI=1S/C8H6BrClO/c9-6-3-1-2-5(8(6)10)7-4-11-7/h1-3,7H,4H2. The quantitative estimate of drug-likeness (QED) is 0.679. The first-order valence-corrected chi connectivity index (χ1v) is 4.51. The first kappa shape index (κ1) is 7.59. The van der Waals surface area contributed by atoms with Crippen molar-refractivity contribution in [1.82, 2.24) is 0 Å². The molecule has 0 aliphatic carbocycles. The van der Waals surface area contributed by atoms with Gasteiger partial charge >= 0.3 is 0 Å². The van der Waals surface area contributed by atoms with E-state index in [-0.39, 0.29) is 6.10 Å². The lowest BCUT2D eigenvalue weighted by Gasteiger charge is -2.00. The maximum absolute atomic E-state index is 6.00. The van der Waals surface area contributed by atoms with Crippen LogP contribution in [0.4, 0.5) is 0 Å². The van der Waals surface area contributed by atoms with Crippen molar-refractivity contribution >= 4 is 27.5 Å². The average Bonchev–Trinajstić information content (AvgIpc) is 2.77. The second-order valence-corrected chi connectivity index (χ2v) is 3.70. The van der Waals surface area contributed by atoms with Gasteiger partial charge in [-0.1, -0.05) is 23.7 Å². The van der Waals surface area contributed by atoms with Crippen molar-refractivity contribution in [2.75, 3.05) is 6.61 Å². The summed E-state index contributed by atoms with van der Waals surface area (Å²) >= 11 is 9.36. The molecule has 0 aromatic heterocycles. The molecular formula is C8H6BrClO. The number of hydrogen-bond donors (Lipinski definition) is 0. The molecule has 1 aromatic carbocycles. The van der Waals surface area contributed by atoms with Gasteiger partial charge in [0.1, 0.15) is 6.10 Å². The molecule has 0 N–H and O–H groups in total. The highest BCUT2D eigenvalue weighted by Gasteiger charge is 2.27. The van der Waals surface area contributed by atoms with Crippen LogP contribution < -0.4 is 0 Å². The van der Waals surface area contributed by atoms with Gasteiger partial charge in [0.05, 0.1) is 11.6 Å². The second kappa shape index (κ2) is 2.77. The van der Waals surface area contributed by atoms with Crippen LogP contribution in [-0.4, -0.2) is 6.61 Å². The molecule has 1 saturated heterocycles. The monoisotopic (exact) mass is 232 g/mol. The Morgan fingerprint density at radius 1 is 1.55 bits per heavy atom. The Morgan fingerprint density at radius 2 is 2.27 bits per heavy atom. The highest BCUT2D eigenvalue weighted by Crippen LogP contribution is 2.37. The second-order valence-electron chi connectivity index (χ2n) is 2.47. The van der Waals surface area contributed by atoms with Crippen molar-refractivity contribution in [2.24, 2.45) is 0 Å². The smallest absolute Gasteiger partial charge is 0.107 e. The van der Waals surface area contributed by atoms with E-state index in [0.29, 0.717) is 0 Å². The first-order valence-electron chi connectivity index (χ1n) is 3.34.